The summed E-state index contributed by atoms with van der Waals surface area (Å²) >= 11 is 0. The van der Waals surface area contributed by atoms with E-state index in [1.165, 1.54) is 45.6 Å². The number of hydrogen-bond donors (Lipinski definition) is 0. The summed E-state index contributed by atoms with van der Waals surface area (Å²) in [7, 11) is 2.23. The molecule has 0 N–H and O–H groups in total. The predicted molar refractivity (Wildman–Crippen MR) is 58.0 cm³/mol. The van der Waals surface area contributed by atoms with Gasteiger partial charge in [-0.2, -0.15) is 0 Å². The maximum absolute atomic E-state index is 2.58. The van der Waals surface area contributed by atoms with Crippen LogP contribution in [0, 0.1) is 5.92 Å². The van der Waals surface area contributed by atoms with E-state index in [9.17, 15) is 0 Å². The molecule has 0 amide bonds. The van der Waals surface area contributed by atoms with E-state index in [4.69, 9.17) is 0 Å². The summed E-state index contributed by atoms with van der Waals surface area (Å²) in [5.74, 6) is 0.795. The van der Waals surface area contributed by atoms with E-state index in [2.05, 4.69) is 30.7 Å². The van der Waals surface area contributed by atoms with Gasteiger partial charge in [0, 0.05) is 19.6 Å². The van der Waals surface area contributed by atoms with Crippen LogP contribution in [0.3, 0.4) is 0 Å². The molecule has 0 unspecified atom stereocenters. The van der Waals surface area contributed by atoms with Crippen LogP contribution in [0.5, 0.6) is 0 Å². The van der Waals surface area contributed by atoms with Crippen LogP contribution in [-0.2, 0) is 0 Å². The van der Waals surface area contributed by atoms with E-state index in [0.29, 0.717) is 0 Å². The third-order valence-corrected chi connectivity index (χ3v) is 2.67. The van der Waals surface area contributed by atoms with E-state index < -0.39 is 0 Å². The first-order chi connectivity index (χ1) is 6.18. The Morgan fingerprint density at radius 2 is 1.85 bits per heavy atom. The normalized spacial score (nSPS) is 19.2. The number of likely N-dealkylation sites (N-methyl/N-ethyl adjacent to an activating group) is 1. The van der Waals surface area contributed by atoms with Crippen LogP contribution in [0.4, 0.5) is 0 Å². The van der Waals surface area contributed by atoms with Crippen molar-refractivity contribution in [1.82, 2.24) is 9.80 Å². The van der Waals surface area contributed by atoms with Gasteiger partial charge in [0.2, 0.25) is 0 Å². The molecule has 13 heavy (non-hydrogen) atoms. The highest BCUT2D eigenvalue weighted by atomic mass is 15.2. The summed E-state index contributed by atoms with van der Waals surface area (Å²) in [6.45, 7) is 11.0. The molecule has 0 bridgehead atoms. The number of likely N-dealkylation sites (tertiary alicyclic amines) is 1. The Hall–Kier alpha value is -0.0800. The molecule has 1 aliphatic rings. The molecule has 1 saturated heterocycles. The van der Waals surface area contributed by atoms with E-state index >= 15 is 0 Å². The maximum atomic E-state index is 2.58. The molecule has 0 aromatic heterocycles. The van der Waals surface area contributed by atoms with Gasteiger partial charge < -0.3 is 9.80 Å². The van der Waals surface area contributed by atoms with Crippen molar-refractivity contribution in [2.45, 2.75) is 26.7 Å². The molecule has 2 nitrogen and oxygen atoms in total. The van der Waals surface area contributed by atoms with Crippen molar-refractivity contribution in [3.63, 3.8) is 0 Å². The van der Waals surface area contributed by atoms with Crippen molar-refractivity contribution in [1.29, 1.82) is 0 Å². The van der Waals surface area contributed by atoms with Crippen molar-refractivity contribution in [3.05, 3.63) is 0 Å². The van der Waals surface area contributed by atoms with Gasteiger partial charge in [-0.1, -0.05) is 13.8 Å². The number of rotatable bonds is 5. The van der Waals surface area contributed by atoms with Gasteiger partial charge in [-0.3, -0.25) is 0 Å². The molecule has 0 aliphatic carbocycles. The lowest BCUT2D eigenvalue weighted by molar-refractivity contribution is 0.240. The Balaban J connectivity index is 2.03. The molecule has 1 fully saturated rings. The zero-order valence-electron chi connectivity index (χ0n) is 9.42. The monoisotopic (exact) mass is 184 g/mol. The zero-order chi connectivity index (χ0) is 9.68. The van der Waals surface area contributed by atoms with Gasteiger partial charge in [0.1, 0.15) is 0 Å². The minimum Gasteiger partial charge on any atom is -0.305 e. The molecule has 0 spiro atoms. The topological polar surface area (TPSA) is 6.48 Å². The molecule has 0 aromatic carbocycles. The van der Waals surface area contributed by atoms with Crippen LogP contribution in [0.1, 0.15) is 26.7 Å². The van der Waals surface area contributed by atoms with Gasteiger partial charge in [0.15, 0.2) is 0 Å². The van der Waals surface area contributed by atoms with Crippen molar-refractivity contribution >= 4 is 0 Å². The molecule has 78 valence electrons. The molecule has 0 atom stereocenters. The smallest absolute Gasteiger partial charge is 0.0109 e. The first-order valence-electron chi connectivity index (χ1n) is 5.59. The Morgan fingerprint density at radius 1 is 1.23 bits per heavy atom. The van der Waals surface area contributed by atoms with E-state index in [1.54, 1.807) is 0 Å². The molecular formula is C11H24N2. The lowest BCUT2D eigenvalue weighted by Crippen LogP contribution is -2.33. The first kappa shape index (κ1) is 11.0. The zero-order valence-corrected chi connectivity index (χ0v) is 9.42. The summed E-state index contributed by atoms with van der Waals surface area (Å²) in [5, 5.41) is 0. The SMILES string of the molecule is CC(C)CN(C)CCN1CCCC1. The van der Waals surface area contributed by atoms with Crippen molar-refractivity contribution in [2.75, 3.05) is 39.8 Å². The van der Waals surface area contributed by atoms with Crippen LogP contribution in [-0.4, -0.2) is 49.6 Å². The molecule has 0 saturated carbocycles. The average Bonchev–Trinajstić information content (AvgIpc) is 2.51. The largest absolute Gasteiger partial charge is 0.305 e. The summed E-state index contributed by atoms with van der Waals surface area (Å²) < 4.78 is 0. The van der Waals surface area contributed by atoms with Gasteiger partial charge in [-0.05, 0) is 38.9 Å². The standard InChI is InChI=1S/C11H24N2/c1-11(2)10-12(3)8-9-13-6-4-5-7-13/h11H,4-10H2,1-3H3. The fraction of sp³-hybridized carbons (Fsp3) is 1.00. The van der Waals surface area contributed by atoms with Gasteiger partial charge >= 0.3 is 0 Å². The Morgan fingerprint density at radius 3 is 2.38 bits per heavy atom. The Labute approximate surface area is 82.9 Å². The van der Waals surface area contributed by atoms with Crippen molar-refractivity contribution in [2.24, 2.45) is 5.92 Å². The summed E-state index contributed by atoms with van der Waals surface area (Å²) in [6.07, 6.45) is 2.82. The average molecular weight is 184 g/mol. The van der Waals surface area contributed by atoms with Crippen LogP contribution in [0.2, 0.25) is 0 Å². The molecular weight excluding hydrogens is 160 g/mol. The third-order valence-electron chi connectivity index (χ3n) is 2.67. The lowest BCUT2D eigenvalue weighted by atomic mass is 10.2. The van der Waals surface area contributed by atoms with Gasteiger partial charge in [-0.25, -0.2) is 0 Å². The summed E-state index contributed by atoms with van der Waals surface area (Å²) in [6, 6.07) is 0. The summed E-state index contributed by atoms with van der Waals surface area (Å²) in [4.78, 5) is 5.03. The van der Waals surface area contributed by atoms with Gasteiger partial charge in [-0.15, -0.1) is 0 Å². The molecule has 1 rings (SSSR count). The maximum Gasteiger partial charge on any atom is 0.0109 e. The highest BCUT2D eigenvalue weighted by Crippen LogP contribution is 2.06. The summed E-state index contributed by atoms with van der Waals surface area (Å²) in [5.41, 5.74) is 0. The quantitative estimate of drug-likeness (QED) is 0.641. The second-order valence-electron chi connectivity index (χ2n) is 4.70. The highest BCUT2D eigenvalue weighted by Gasteiger charge is 2.11. The predicted octanol–water partition coefficient (Wildman–Crippen LogP) is 1.67. The Bertz CT molecular complexity index is 128. The minimum atomic E-state index is 0.795. The molecule has 1 aliphatic heterocycles. The van der Waals surface area contributed by atoms with Crippen LogP contribution in [0.15, 0.2) is 0 Å². The fourth-order valence-electron chi connectivity index (χ4n) is 2.03. The van der Waals surface area contributed by atoms with Gasteiger partial charge in [0.25, 0.3) is 0 Å². The van der Waals surface area contributed by atoms with E-state index in [1.807, 2.05) is 0 Å². The highest BCUT2D eigenvalue weighted by molar-refractivity contribution is 4.67. The van der Waals surface area contributed by atoms with Crippen LogP contribution >= 0.6 is 0 Å². The molecule has 1 heterocycles. The van der Waals surface area contributed by atoms with Crippen LogP contribution in [0.25, 0.3) is 0 Å². The number of nitrogens with zero attached hydrogens (tertiary/aromatic N) is 2. The lowest BCUT2D eigenvalue weighted by Gasteiger charge is -2.22. The van der Waals surface area contributed by atoms with Gasteiger partial charge in [0.05, 0.1) is 0 Å². The molecule has 0 radical (unpaired) electrons. The van der Waals surface area contributed by atoms with Crippen LogP contribution < -0.4 is 0 Å². The first-order valence-corrected chi connectivity index (χ1v) is 5.59. The molecule has 2 heteroatoms. The second kappa shape index (κ2) is 5.61. The Kier molecular flexibility index (Phi) is 4.74. The fourth-order valence-corrected chi connectivity index (χ4v) is 2.03. The van der Waals surface area contributed by atoms with E-state index in [-0.39, 0.29) is 0 Å². The van der Waals surface area contributed by atoms with E-state index in [0.717, 1.165) is 5.92 Å². The minimum absolute atomic E-state index is 0.795. The number of hydrogen-bond acceptors (Lipinski definition) is 2. The van der Waals surface area contributed by atoms with Crippen molar-refractivity contribution < 1.29 is 0 Å². The van der Waals surface area contributed by atoms with Crippen molar-refractivity contribution in [3.8, 4) is 0 Å². The second-order valence-corrected chi connectivity index (χ2v) is 4.70. The third kappa shape index (κ3) is 4.63. The molecule has 0 aromatic rings.